The van der Waals surface area contributed by atoms with Crippen LogP contribution in [0, 0.1) is 5.92 Å². The van der Waals surface area contributed by atoms with Crippen LogP contribution in [-0.2, 0) is 11.2 Å². The molecule has 17 heavy (non-hydrogen) atoms. The Balaban J connectivity index is 2.12. The van der Waals surface area contributed by atoms with Crippen molar-refractivity contribution in [1.29, 1.82) is 0 Å². The molecule has 1 aromatic carbocycles. The van der Waals surface area contributed by atoms with Crippen molar-refractivity contribution < 1.29 is 18.0 Å². The molecular formula is C12H12F3NO. The van der Waals surface area contributed by atoms with E-state index in [1.807, 2.05) is 0 Å². The molecule has 5 heteroatoms. The topological polar surface area (TPSA) is 29.1 Å². The zero-order valence-electron chi connectivity index (χ0n) is 9.00. The lowest BCUT2D eigenvalue weighted by atomic mass is 9.94. The molecule has 2 unspecified atom stereocenters. The lowest BCUT2D eigenvalue weighted by Crippen LogP contribution is -2.37. The van der Waals surface area contributed by atoms with E-state index in [1.165, 1.54) is 0 Å². The van der Waals surface area contributed by atoms with E-state index in [-0.39, 0.29) is 6.42 Å². The molecule has 1 amide bonds. The lowest BCUT2D eigenvalue weighted by molar-refractivity contribution is -0.177. The third-order valence-electron chi connectivity index (χ3n) is 2.96. The molecule has 0 radical (unpaired) electrons. The molecule has 2 rings (SSSR count). The Morgan fingerprint density at radius 3 is 2.47 bits per heavy atom. The van der Waals surface area contributed by atoms with Crippen molar-refractivity contribution >= 4 is 5.91 Å². The predicted octanol–water partition coefficient (Wildman–Crippen LogP) is 2.30. The molecule has 1 saturated heterocycles. The number of carbonyl (C=O) groups is 1. The first-order chi connectivity index (χ1) is 7.97. The maximum Gasteiger partial charge on any atom is 0.394 e. The maximum atomic E-state index is 12.7. The van der Waals surface area contributed by atoms with Gasteiger partial charge in [-0.2, -0.15) is 13.2 Å². The summed E-state index contributed by atoms with van der Waals surface area (Å²) >= 11 is 0. The van der Waals surface area contributed by atoms with Crippen LogP contribution in [-0.4, -0.2) is 18.1 Å². The number of hydrogen-bond acceptors (Lipinski definition) is 1. The van der Waals surface area contributed by atoms with E-state index in [9.17, 15) is 18.0 Å². The maximum absolute atomic E-state index is 12.7. The third-order valence-corrected chi connectivity index (χ3v) is 2.96. The highest BCUT2D eigenvalue weighted by molar-refractivity contribution is 5.79. The van der Waals surface area contributed by atoms with Crippen LogP contribution in [0.5, 0.6) is 0 Å². The van der Waals surface area contributed by atoms with Crippen LogP contribution in [0.15, 0.2) is 30.3 Å². The number of rotatable bonds is 2. The summed E-state index contributed by atoms with van der Waals surface area (Å²) < 4.78 is 38.1. The molecule has 92 valence electrons. The summed E-state index contributed by atoms with van der Waals surface area (Å²) in [6, 6.07) is 8.03. The number of carbonyl (C=O) groups excluding carboxylic acids is 1. The minimum Gasteiger partial charge on any atom is -0.352 e. The summed E-state index contributed by atoms with van der Waals surface area (Å²) in [5, 5.41) is 2.40. The monoisotopic (exact) mass is 243 g/mol. The van der Waals surface area contributed by atoms with Gasteiger partial charge in [-0.1, -0.05) is 30.3 Å². The molecule has 2 nitrogen and oxygen atoms in total. The first-order valence-corrected chi connectivity index (χ1v) is 5.37. The van der Waals surface area contributed by atoms with Crippen LogP contribution in [0.4, 0.5) is 13.2 Å². The number of amides is 1. The molecule has 1 aromatic rings. The number of benzene rings is 1. The Labute approximate surface area is 96.8 Å². The van der Waals surface area contributed by atoms with E-state index < -0.39 is 30.5 Å². The SMILES string of the molecule is O=C1CC(C(F)(F)F)C(Cc2ccccc2)N1. The van der Waals surface area contributed by atoms with Gasteiger partial charge in [-0.3, -0.25) is 4.79 Å². The zero-order chi connectivity index (χ0) is 12.5. The van der Waals surface area contributed by atoms with Crippen LogP contribution < -0.4 is 5.32 Å². The molecule has 1 N–H and O–H groups in total. The van der Waals surface area contributed by atoms with Gasteiger partial charge < -0.3 is 5.32 Å². The molecular weight excluding hydrogens is 231 g/mol. The minimum absolute atomic E-state index is 0.219. The second-order valence-electron chi connectivity index (χ2n) is 4.22. The number of alkyl halides is 3. The fraction of sp³-hybridized carbons (Fsp3) is 0.417. The van der Waals surface area contributed by atoms with Crippen LogP contribution in [0.25, 0.3) is 0 Å². The van der Waals surface area contributed by atoms with Gasteiger partial charge in [0.05, 0.1) is 5.92 Å². The highest BCUT2D eigenvalue weighted by Gasteiger charge is 2.49. The first kappa shape index (κ1) is 12.0. The second kappa shape index (κ2) is 4.39. The van der Waals surface area contributed by atoms with E-state index in [4.69, 9.17) is 0 Å². The van der Waals surface area contributed by atoms with Crippen molar-refractivity contribution in [3.05, 3.63) is 35.9 Å². The van der Waals surface area contributed by atoms with Gasteiger partial charge >= 0.3 is 6.18 Å². The highest BCUT2D eigenvalue weighted by Crippen LogP contribution is 2.35. The van der Waals surface area contributed by atoms with Gasteiger partial charge in [-0.15, -0.1) is 0 Å². The van der Waals surface area contributed by atoms with E-state index in [2.05, 4.69) is 5.32 Å². The van der Waals surface area contributed by atoms with Gasteiger partial charge in [-0.25, -0.2) is 0 Å². The van der Waals surface area contributed by atoms with Crippen LogP contribution in [0.3, 0.4) is 0 Å². The van der Waals surface area contributed by atoms with Crippen LogP contribution in [0.1, 0.15) is 12.0 Å². The molecule has 0 saturated carbocycles. The summed E-state index contributed by atoms with van der Waals surface area (Å²) in [5.41, 5.74) is 0.800. The van der Waals surface area contributed by atoms with Gasteiger partial charge in [0.15, 0.2) is 0 Å². The molecule has 0 aliphatic carbocycles. The van der Waals surface area contributed by atoms with Gasteiger partial charge in [-0.05, 0) is 12.0 Å². The summed E-state index contributed by atoms with van der Waals surface area (Å²) in [5.74, 6) is -2.09. The van der Waals surface area contributed by atoms with Crippen molar-refractivity contribution in [2.45, 2.75) is 25.1 Å². The molecule has 1 aliphatic rings. The molecule has 1 aliphatic heterocycles. The molecule has 0 spiro atoms. The van der Waals surface area contributed by atoms with Gasteiger partial charge in [0.25, 0.3) is 0 Å². The molecule has 0 bridgehead atoms. The Morgan fingerprint density at radius 2 is 1.88 bits per heavy atom. The molecule has 1 heterocycles. The highest BCUT2D eigenvalue weighted by atomic mass is 19.4. The Bertz CT molecular complexity index is 402. The Morgan fingerprint density at radius 1 is 1.24 bits per heavy atom. The van der Waals surface area contributed by atoms with Gasteiger partial charge in [0.1, 0.15) is 0 Å². The fourth-order valence-corrected chi connectivity index (χ4v) is 2.11. The number of halogens is 3. The van der Waals surface area contributed by atoms with E-state index in [0.717, 1.165) is 5.56 Å². The smallest absolute Gasteiger partial charge is 0.352 e. The second-order valence-corrected chi connectivity index (χ2v) is 4.22. The summed E-state index contributed by atoms with van der Waals surface area (Å²) in [7, 11) is 0. The average Bonchev–Trinajstić information content (AvgIpc) is 2.60. The minimum atomic E-state index is -4.32. The summed E-state index contributed by atoms with van der Waals surface area (Å²) in [6.45, 7) is 0. The zero-order valence-corrected chi connectivity index (χ0v) is 9.00. The lowest BCUT2D eigenvalue weighted by Gasteiger charge is -2.21. The largest absolute Gasteiger partial charge is 0.394 e. The van der Waals surface area contributed by atoms with Gasteiger partial charge in [0, 0.05) is 12.5 Å². The molecule has 2 atom stereocenters. The van der Waals surface area contributed by atoms with E-state index in [0.29, 0.717) is 0 Å². The fourth-order valence-electron chi connectivity index (χ4n) is 2.11. The van der Waals surface area contributed by atoms with Crippen LogP contribution in [0.2, 0.25) is 0 Å². The van der Waals surface area contributed by atoms with Crippen LogP contribution >= 0.6 is 0 Å². The average molecular weight is 243 g/mol. The van der Waals surface area contributed by atoms with Crippen molar-refractivity contribution in [3.8, 4) is 0 Å². The standard InChI is InChI=1S/C12H12F3NO/c13-12(14,15)9-7-11(17)16-10(9)6-8-4-2-1-3-5-8/h1-5,9-10H,6-7H2,(H,16,17). The van der Waals surface area contributed by atoms with Gasteiger partial charge in [0.2, 0.25) is 5.91 Å². The van der Waals surface area contributed by atoms with E-state index in [1.54, 1.807) is 30.3 Å². The summed E-state index contributed by atoms with van der Waals surface area (Å²) in [6.07, 6.45) is -4.56. The normalized spacial score (nSPS) is 24.8. The number of nitrogens with one attached hydrogen (secondary N) is 1. The van der Waals surface area contributed by atoms with E-state index >= 15 is 0 Å². The third kappa shape index (κ3) is 2.78. The van der Waals surface area contributed by atoms with Crippen molar-refractivity contribution in [2.24, 2.45) is 5.92 Å². The number of hydrogen-bond donors (Lipinski definition) is 1. The predicted molar refractivity (Wildman–Crippen MR) is 56.2 cm³/mol. The first-order valence-electron chi connectivity index (χ1n) is 5.37. The van der Waals surface area contributed by atoms with Crippen molar-refractivity contribution in [3.63, 3.8) is 0 Å². The van der Waals surface area contributed by atoms with Crippen molar-refractivity contribution in [2.75, 3.05) is 0 Å². The quantitative estimate of drug-likeness (QED) is 0.848. The Kier molecular flexibility index (Phi) is 3.09. The summed E-state index contributed by atoms with van der Waals surface area (Å²) in [4.78, 5) is 11.1. The Hall–Kier alpha value is -1.52. The molecule has 1 fully saturated rings. The van der Waals surface area contributed by atoms with Crippen molar-refractivity contribution in [1.82, 2.24) is 5.32 Å². The molecule has 0 aromatic heterocycles.